The summed E-state index contributed by atoms with van der Waals surface area (Å²) in [6.45, 7) is 5.15. The summed E-state index contributed by atoms with van der Waals surface area (Å²) in [5.74, 6) is -2.74. The van der Waals surface area contributed by atoms with Gasteiger partial charge in [-0.05, 0) is 38.1 Å². The van der Waals surface area contributed by atoms with E-state index < -0.39 is 17.9 Å². The lowest BCUT2D eigenvalue weighted by atomic mass is 10.2. The molecule has 0 aliphatic carbocycles. The van der Waals surface area contributed by atoms with Gasteiger partial charge in [0.25, 0.3) is 0 Å². The van der Waals surface area contributed by atoms with Gasteiger partial charge in [-0.2, -0.15) is 0 Å². The summed E-state index contributed by atoms with van der Waals surface area (Å²) in [5.41, 5.74) is 0.375. The van der Waals surface area contributed by atoms with Gasteiger partial charge in [0, 0.05) is 11.9 Å². The first-order valence-electron chi connectivity index (χ1n) is 9.97. The number of alkyl halides is 1. The number of ether oxygens (including phenoxy) is 4. The minimum Gasteiger partial charge on any atom is -0.493 e. The molecule has 1 aromatic rings. The highest BCUT2D eigenvalue weighted by molar-refractivity contribution is 9.09. The monoisotopic (exact) mass is 521 g/mol. The molecule has 32 heavy (non-hydrogen) atoms. The third kappa shape index (κ3) is 11.2. The Morgan fingerprint density at radius 1 is 0.906 bits per heavy atom. The maximum atomic E-state index is 12.4. The first kappa shape index (κ1) is 29.5. The van der Waals surface area contributed by atoms with Crippen LogP contribution in [0.5, 0.6) is 17.2 Å². The van der Waals surface area contributed by atoms with Crippen LogP contribution in [0.15, 0.2) is 12.1 Å². The lowest BCUT2D eigenvalue weighted by Gasteiger charge is -2.20. The Bertz CT molecular complexity index is 690. The van der Waals surface area contributed by atoms with Gasteiger partial charge >= 0.3 is 17.9 Å². The number of esters is 1. The van der Waals surface area contributed by atoms with Gasteiger partial charge in [0.1, 0.15) is 6.61 Å². The fourth-order valence-electron chi connectivity index (χ4n) is 2.58. The molecule has 11 heteroatoms. The highest BCUT2D eigenvalue weighted by Crippen LogP contribution is 2.38. The lowest BCUT2D eigenvalue weighted by Crippen LogP contribution is -2.29. The highest BCUT2D eigenvalue weighted by atomic mass is 79.9. The molecule has 0 aliphatic rings. The molecule has 0 bridgehead atoms. The van der Waals surface area contributed by atoms with E-state index in [1.165, 1.54) is 34.2 Å². The Kier molecular flexibility index (Phi) is 15.7. The Labute approximate surface area is 196 Å². The fraction of sp³-hybridized carbons (Fsp3) is 0.571. The van der Waals surface area contributed by atoms with E-state index in [1.54, 1.807) is 12.1 Å². The van der Waals surface area contributed by atoms with Crippen molar-refractivity contribution >= 4 is 33.8 Å². The molecule has 182 valence electrons. The molecular weight excluding hydrogens is 490 g/mol. The molecule has 0 spiro atoms. The van der Waals surface area contributed by atoms with Crippen LogP contribution in [-0.2, 0) is 14.3 Å². The molecule has 10 nitrogen and oxygen atoms in total. The SMILES string of the molecule is CCN(CCCCCBr)CCOC(=O)c1cc(OC)c(OC)c(OC)c1.O=C(O)C(=O)O. The number of benzene rings is 1. The molecule has 1 aromatic carbocycles. The van der Waals surface area contributed by atoms with Crippen LogP contribution in [0, 0.1) is 0 Å². The predicted molar refractivity (Wildman–Crippen MR) is 121 cm³/mol. The maximum Gasteiger partial charge on any atom is 0.414 e. The molecule has 0 amide bonds. The molecule has 1 rings (SSSR count). The van der Waals surface area contributed by atoms with E-state index in [1.807, 2.05) is 0 Å². The number of carbonyl (C=O) groups is 3. The van der Waals surface area contributed by atoms with Gasteiger partial charge < -0.3 is 34.1 Å². The fourth-order valence-corrected chi connectivity index (χ4v) is 2.98. The number of likely N-dealkylation sites (N-methyl/N-ethyl adjacent to an activating group) is 1. The minimum atomic E-state index is -1.82. The number of halogens is 1. The molecule has 0 aromatic heterocycles. The third-order valence-electron chi connectivity index (χ3n) is 4.28. The average molecular weight is 522 g/mol. The highest BCUT2D eigenvalue weighted by Gasteiger charge is 2.18. The summed E-state index contributed by atoms with van der Waals surface area (Å²) in [7, 11) is 4.55. The number of carboxylic acids is 2. The molecule has 2 N–H and O–H groups in total. The Morgan fingerprint density at radius 3 is 1.88 bits per heavy atom. The van der Waals surface area contributed by atoms with Crippen LogP contribution in [0.3, 0.4) is 0 Å². The third-order valence-corrected chi connectivity index (χ3v) is 4.84. The Hall–Kier alpha value is -2.53. The second kappa shape index (κ2) is 17.1. The van der Waals surface area contributed by atoms with Gasteiger partial charge in [0.2, 0.25) is 5.75 Å². The van der Waals surface area contributed by atoms with Gasteiger partial charge in [0.05, 0.1) is 26.9 Å². The van der Waals surface area contributed by atoms with Crippen LogP contribution < -0.4 is 14.2 Å². The van der Waals surface area contributed by atoms with Crippen molar-refractivity contribution in [1.29, 1.82) is 0 Å². The molecule has 0 saturated carbocycles. The van der Waals surface area contributed by atoms with Crippen molar-refractivity contribution in [3.05, 3.63) is 17.7 Å². The van der Waals surface area contributed by atoms with Crippen molar-refractivity contribution in [3.63, 3.8) is 0 Å². The summed E-state index contributed by atoms with van der Waals surface area (Å²) >= 11 is 3.45. The summed E-state index contributed by atoms with van der Waals surface area (Å²) < 4.78 is 21.2. The van der Waals surface area contributed by atoms with Crippen LogP contribution >= 0.6 is 15.9 Å². The standard InChI is InChI=1S/C19H30BrNO5.C2H2O4/c1-5-21(10-8-6-7-9-20)11-12-26-19(22)15-13-16(23-2)18(25-4)17(14-15)24-3;3-1(4)2(5)6/h13-14H,5-12H2,1-4H3;(H,3,4)(H,5,6). The van der Waals surface area contributed by atoms with E-state index in [0.717, 1.165) is 31.4 Å². The second-order valence-electron chi connectivity index (χ2n) is 6.34. The van der Waals surface area contributed by atoms with Crippen molar-refractivity contribution in [2.45, 2.75) is 26.2 Å². The van der Waals surface area contributed by atoms with Crippen LogP contribution in [0.1, 0.15) is 36.5 Å². The zero-order valence-corrected chi connectivity index (χ0v) is 20.5. The molecule has 0 fully saturated rings. The normalized spacial score (nSPS) is 10.1. The first-order valence-corrected chi connectivity index (χ1v) is 11.1. The summed E-state index contributed by atoms with van der Waals surface area (Å²) in [6, 6.07) is 3.20. The molecule has 0 atom stereocenters. The minimum absolute atomic E-state index is 0.349. The number of unbranched alkanes of at least 4 members (excludes halogenated alkanes) is 2. The quantitative estimate of drug-likeness (QED) is 0.173. The molecule has 0 saturated heterocycles. The summed E-state index contributed by atoms with van der Waals surface area (Å²) in [4.78, 5) is 32.8. The van der Waals surface area contributed by atoms with Gasteiger partial charge in [0.15, 0.2) is 11.5 Å². The molecule has 0 unspecified atom stereocenters. The number of nitrogens with zero attached hydrogens (tertiary/aromatic N) is 1. The molecule has 0 radical (unpaired) electrons. The van der Waals surface area contributed by atoms with E-state index in [0.29, 0.717) is 29.4 Å². The molecule has 0 heterocycles. The van der Waals surface area contributed by atoms with E-state index in [2.05, 4.69) is 27.8 Å². The van der Waals surface area contributed by atoms with Crippen molar-refractivity contribution in [1.82, 2.24) is 4.90 Å². The van der Waals surface area contributed by atoms with Gasteiger partial charge in [-0.1, -0.05) is 29.3 Å². The van der Waals surface area contributed by atoms with E-state index in [4.69, 9.17) is 38.7 Å². The van der Waals surface area contributed by atoms with Crippen molar-refractivity contribution in [2.75, 3.05) is 52.9 Å². The summed E-state index contributed by atoms with van der Waals surface area (Å²) in [6.07, 6.45) is 3.54. The number of carboxylic acid groups (broad SMARTS) is 2. The molecular formula is C21H32BrNO9. The van der Waals surface area contributed by atoms with Crippen LogP contribution in [0.25, 0.3) is 0 Å². The van der Waals surface area contributed by atoms with Crippen molar-refractivity contribution in [3.8, 4) is 17.2 Å². The van der Waals surface area contributed by atoms with Crippen LogP contribution in [0.2, 0.25) is 0 Å². The summed E-state index contributed by atoms with van der Waals surface area (Å²) in [5, 5.41) is 15.8. The predicted octanol–water partition coefficient (Wildman–Crippen LogP) is 2.91. The van der Waals surface area contributed by atoms with Gasteiger partial charge in [-0.25, -0.2) is 14.4 Å². The number of rotatable bonds is 13. The van der Waals surface area contributed by atoms with Gasteiger partial charge in [-0.3, -0.25) is 0 Å². The number of aliphatic carboxylic acids is 2. The number of methoxy groups -OCH3 is 3. The maximum absolute atomic E-state index is 12.4. The zero-order chi connectivity index (χ0) is 24.5. The smallest absolute Gasteiger partial charge is 0.414 e. The van der Waals surface area contributed by atoms with E-state index in [9.17, 15) is 4.79 Å². The van der Waals surface area contributed by atoms with Crippen molar-refractivity contribution < 1.29 is 43.5 Å². The number of carbonyl (C=O) groups excluding carboxylic acids is 1. The lowest BCUT2D eigenvalue weighted by molar-refractivity contribution is -0.159. The number of hydrogen-bond acceptors (Lipinski definition) is 8. The van der Waals surface area contributed by atoms with E-state index in [-0.39, 0.29) is 0 Å². The largest absolute Gasteiger partial charge is 0.493 e. The molecule has 0 aliphatic heterocycles. The zero-order valence-electron chi connectivity index (χ0n) is 18.9. The van der Waals surface area contributed by atoms with Crippen LogP contribution in [-0.4, -0.2) is 85.9 Å². The second-order valence-corrected chi connectivity index (χ2v) is 7.14. The average Bonchev–Trinajstić information content (AvgIpc) is 2.79. The Balaban J connectivity index is 0.00000140. The van der Waals surface area contributed by atoms with Crippen molar-refractivity contribution in [2.24, 2.45) is 0 Å². The van der Waals surface area contributed by atoms with E-state index >= 15 is 0 Å². The Morgan fingerprint density at radius 2 is 1.47 bits per heavy atom. The number of hydrogen-bond donors (Lipinski definition) is 2. The first-order chi connectivity index (χ1) is 15.2. The van der Waals surface area contributed by atoms with Crippen LogP contribution in [0.4, 0.5) is 0 Å². The van der Waals surface area contributed by atoms with Gasteiger partial charge in [-0.15, -0.1) is 0 Å². The topological polar surface area (TPSA) is 132 Å².